The number of hydrogen-bond acceptors (Lipinski definition) is 0. The van der Waals surface area contributed by atoms with Crippen molar-refractivity contribution in [1.29, 1.82) is 0 Å². The Morgan fingerprint density at radius 3 is 1.39 bits per heavy atom. The molecule has 0 aromatic carbocycles. The van der Waals surface area contributed by atoms with E-state index in [2.05, 4.69) is 31.9 Å². The molecule has 0 aromatic heterocycles. The van der Waals surface area contributed by atoms with E-state index in [0.717, 1.165) is 38.5 Å². The van der Waals surface area contributed by atoms with Crippen LogP contribution in [0.2, 0.25) is 0 Å². The van der Waals surface area contributed by atoms with Gasteiger partial charge in [-0.3, -0.25) is 0 Å². The SMILES string of the molecule is CCCCCC(Br)C1(C(Br)CCCCC)C(F)=C(F)C(F)=C1F. The third kappa shape index (κ3) is 4.23. The minimum Gasteiger partial charge on any atom is -0.207 e. The molecule has 0 nitrogen and oxygen atoms in total. The van der Waals surface area contributed by atoms with Crippen LogP contribution in [0.3, 0.4) is 0 Å². The van der Waals surface area contributed by atoms with E-state index in [-0.39, 0.29) is 0 Å². The average Bonchev–Trinajstić information content (AvgIpc) is 2.70. The molecule has 0 saturated heterocycles. The molecule has 6 heteroatoms. The van der Waals surface area contributed by atoms with Gasteiger partial charge in [0.2, 0.25) is 0 Å². The van der Waals surface area contributed by atoms with Gasteiger partial charge in [0, 0.05) is 9.65 Å². The highest BCUT2D eigenvalue weighted by Gasteiger charge is 2.58. The van der Waals surface area contributed by atoms with Crippen molar-refractivity contribution in [3.8, 4) is 0 Å². The minimum atomic E-state index is -1.92. The fourth-order valence-electron chi connectivity index (χ4n) is 3.00. The molecule has 0 N–H and O–H groups in total. The summed E-state index contributed by atoms with van der Waals surface area (Å²) in [7, 11) is 0. The smallest absolute Gasteiger partial charge is 0.194 e. The van der Waals surface area contributed by atoms with Crippen molar-refractivity contribution in [2.75, 3.05) is 0 Å². The normalized spacial score (nSPS) is 20.3. The van der Waals surface area contributed by atoms with E-state index in [1.54, 1.807) is 0 Å². The summed E-state index contributed by atoms with van der Waals surface area (Å²) in [5.41, 5.74) is -1.92. The first-order chi connectivity index (χ1) is 10.8. The van der Waals surface area contributed by atoms with E-state index in [4.69, 9.17) is 0 Å². The Hall–Kier alpha value is 0.160. The van der Waals surface area contributed by atoms with E-state index < -0.39 is 38.4 Å². The van der Waals surface area contributed by atoms with Crippen LogP contribution in [0.4, 0.5) is 17.6 Å². The number of alkyl halides is 2. The summed E-state index contributed by atoms with van der Waals surface area (Å²) in [5.74, 6) is -6.04. The molecule has 23 heavy (non-hydrogen) atoms. The number of unbranched alkanes of at least 4 members (excludes halogenated alkanes) is 4. The quantitative estimate of drug-likeness (QED) is 0.175. The summed E-state index contributed by atoms with van der Waals surface area (Å²) in [5, 5.41) is 0. The van der Waals surface area contributed by atoms with Crippen molar-refractivity contribution in [3.05, 3.63) is 23.3 Å². The lowest BCUT2D eigenvalue weighted by Crippen LogP contribution is -2.40. The highest BCUT2D eigenvalue weighted by Crippen LogP contribution is 2.59. The maximum absolute atomic E-state index is 14.6. The van der Waals surface area contributed by atoms with Gasteiger partial charge in [-0.15, -0.1) is 0 Å². The van der Waals surface area contributed by atoms with Gasteiger partial charge in [-0.05, 0) is 12.8 Å². The lowest BCUT2D eigenvalue weighted by molar-refractivity contribution is 0.255. The van der Waals surface area contributed by atoms with Crippen LogP contribution in [0.5, 0.6) is 0 Å². The number of halogens is 6. The molecule has 1 aliphatic carbocycles. The molecular formula is C17H24Br2F4. The lowest BCUT2D eigenvalue weighted by Gasteiger charge is -2.37. The van der Waals surface area contributed by atoms with E-state index in [1.807, 2.05) is 13.8 Å². The van der Waals surface area contributed by atoms with Crippen LogP contribution < -0.4 is 0 Å². The highest BCUT2D eigenvalue weighted by molar-refractivity contribution is 9.10. The van der Waals surface area contributed by atoms with E-state index in [1.165, 1.54) is 0 Å². The molecule has 0 fully saturated rings. The van der Waals surface area contributed by atoms with Gasteiger partial charge in [0.1, 0.15) is 5.41 Å². The second-order valence-corrected chi connectivity index (χ2v) is 8.26. The first-order valence-electron chi connectivity index (χ1n) is 8.25. The molecule has 0 bridgehead atoms. The standard InChI is InChI=1S/C17H24Br2F4/c1-3-5-7-9-11(18)17(12(19)10-8-6-4-2)15(22)13(20)14(21)16(17)23/h11-12H,3-10H2,1-2H3. The first-order valence-corrected chi connectivity index (χ1v) is 10.1. The average molecular weight is 464 g/mol. The van der Waals surface area contributed by atoms with Crippen molar-refractivity contribution < 1.29 is 17.6 Å². The van der Waals surface area contributed by atoms with Crippen LogP contribution in [0.15, 0.2) is 23.3 Å². The molecule has 0 aliphatic heterocycles. The van der Waals surface area contributed by atoms with E-state index in [0.29, 0.717) is 12.8 Å². The molecule has 0 heterocycles. The fraction of sp³-hybridized carbons (Fsp3) is 0.765. The maximum Gasteiger partial charge on any atom is 0.194 e. The van der Waals surface area contributed by atoms with Crippen LogP contribution in [-0.2, 0) is 0 Å². The van der Waals surface area contributed by atoms with E-state index >= 15 is 0 Å². The zero-order chi connectivity index (χ0) is 17.6. The topological polar surface area (TPSA) is 0 Å². The van der Waals surface area contributed by atoms with Crippen molar-refractivity contribution >= 4 is 31.9 Å². The molecule has 134 valence electrons. The minimum absolute atomic E-state index is 0.450. The first kappa shape index (κ1) is 21.2. The predicted octanol–water partition coefficient (Wildman–Crippen LogP) is 7.98. The molecule has 0 radical (unpaired) electrons. The van der Waals surface area contributed by atoms with Crippen molar-refractivity contribution in [2.45, 2.75) is 74.9 Å². The van der Waals surface area contributed by atoms with Crippen LogP contribution in [0.25, 0.3) is 0 Å². The molecule has 0 saturated carbocycles. The summed E-state index contributed by atoms with van der Waals surface area (Å²) >= 11 is 6.65. The molecule has 0 spiro atoms. The third-order valence-electron chi connectivity index (χ3n) is 4.41. The molecule has 0 amide bonds. The van der Waals surface area contributed by atoms with Gasteiger partial charge in [0.25, 0.3) is 0 Å². The Kier molecular flexibility index (Phi) is 8.84. The van der Waals surface area contributed by atoms with Gasteiger partial charge in [-0.2, -0.15) is 0 Å². The highest BCUT2D eigenvalue weighted by atomic mass is 79.9. The summed E-state index contributed by atoms with van der Waals surface area (Å²) in [6.45, 7) is 4.04. The van der Waals surface area contributed by atoms with Crippen molar-refractivity contribution in [1.82, 2.24) is 0 Å². The molecule has 2 unspecified atom stereocenters. The summed E-state index contributed by atoms with van der Waals surface area (Å²) < 4.78 is 56.6. The van der Waals surface area contributed by atoms with Crippen LogP contribution in [0, 0.1) is 5.41 Å². The van der Waals surface area contributed by atoms with Crippen LogP contribution >= 0.6 is 31.9 Å². The summed E-state index contributed by atoms with van der Waals surface area (Å²) in [4.78, 5) is -1.40. The zero-order valence-corrected chi connectivity index (χ0v) is 16.8. The molecule has 1 rings (SSSR count). The van der Waals surface area contributed by atoms with Gasteiger partial charge in [0.15, 0.2) is 23.3 Å². The molecular weight excluding hydrogens is 440 g/mol. The van der Waals surface area contributed by atoms with Gasteiger partial charge in [0.05, 0.1) is 0 Å². The molecule has 2 atom stereocenters. The zero-order valence-electron chi connectivity index (χ0n) is 13.6. The Morgan fingerprint density at radius 2 is 1.09 bits per heavy atom. The summed E-state index contributed by atoms with van der Waals surface area (Å²) in [6, 6.07) is 0. The maximum atomic E-state index is 14.6. The number of hydrogen-bond donors (Lipinski definition) is 0. The summed E-state index contributed by atoms with van der Waals surface area (Å²) in [6.07, 6.45) is 6.11. The van der Waals surface area contributed by atoms with Crippen LogP contribution in [0.1, 0.15) is 65.2 Å². The Labute approximate surface area is 153 Å². The molecule has 0 aromatic rings. The largest absolute Gasteiger partial charge is 0.207 e. The lowest BCUT2D eigenvalue weighted by atomic mass is 9.77. The Bertz CT molecular complexity index is 418. The van der Waals surface area contributed by atoms with Crippen LogP contribution in [-0.4, -0.2) is 9.65 Å². The number of rotatable bonds is 10. The van der Waals surface area contributed by atoms with Gasteiger partial charge >= 0.3 is 0 Å². The fourth-order valence-corrected chi connectivity index (χ4v) is 5.45. The third-order valence-corrected chi connectivity index (χ3v) is 6.77. The Balaban J connectivity index is 3.11. The van der Waals surface area contributed by atoms with Gasteiger partial charge in [-0.1, -0.05) is 84.2 Å². The van der Waals surface area contributed by atoms with E-state index in [9.17, 15) is 17.6 Å². The second-order valence-electron chi connectivity index (χ2n) is 6.05. The van der Waals surface area contributed by atoms with Gasteiger partial charge < -0.3 is 0 Å². The number of allylic oxidation sites excluding steroid dienone is 4. The van der Waals surface area contributed by atoms with Crippen molar-refractivity contribution in [2.24, 2.45) is 5.41 Å². The monoisotopic (exact) mass is 462 g/mol. The second kappa shape index (κ2) is 9.59. The predicted molar refractivity (Wildman–Crippen MR) is 94.6 cm³/mol. The van der Waals surface area contributed by atoms with Crippen molar-refractivity contribution in [3.63, 3.8) is 0 Å². The molecule has 1 aliphatic rings. The Morgan fingerprint density at radius 1 is 0.739 bits per heavy atom. The van der Waals surface area contributed by atoms with Gasteiger partial charge in [-0.25, -0.2) is 17.6 Å².